The molecule has 2 rings (SSSR count). The molecule has 0 unspecified atom stereocenters. The number of isocyanates is 2. The van der Waals surface area contributed by atoms with Gasteiger partial charge in [0.2, 0.25) is 12.2 Å². The van der Waals surface area contributed by atoms with E-state index in [-0.39, 0.29) is 0 Å². The van der Waals surface area contributed by atoms with Gasteiger partial charge in [0.05, 0.1) is 11.4 Å². The van der Waals surface area contributed by atoms with Crippen LogP contribution in [0.1, 0.15) is 5.56 Å². The van der Waals surface area contributed by atoms with Crippen LogP contribution in [0.15, 0.2) is 42.6 Å². The molecule has 0 saturated heterocycles. The molecule has 3 N–H and O–H groups in total. The number of hydrogen-bond acceptors (Lipinski definition) is 7. The average molecular weight is 303 g/mol. The van der Waals surface area contributed by atoms with Crippen molar-refractivity contribution in [2.24, 2.45) is 9.98 Å². The Morgan fingerprint density at radius 3 is 1.50 bits per heavy atom. The molecule has 0 aliphatic rings. The van der Waals surface area contributed by atoms with E-state index in [4.69, 9.17) is 0 Å². The van der Waals surface area contributed by atoms with E-state index in [2.05, 4.69) is 9.98 Å². The Morgan fingerprint density at radius 2 is 1.18 bits per heavy atom. The van der Waals surface area contributed by atoms with Crippen LogP contribution in [0.5, 0.6) is 0 Å². The number of aliphatic imine (C=N–C) groups is 2. The summed E-state index contributed by atoms with van der Waals surface area (Å²) >= 11 is 0. The fraction of sp³-hybridized carbons (Fsp3) is 0.0833. The van der Waals surface area contributed by atoms with Crippen molar-refractivity contribution in [2.45, 2.75) is 6.92 Å². The van der Waals surface area contributed by atoms with Gasteiger partial charge in [0.15, 0.2) is 0 Å². The number of rotatable bonds is 2. The summed E-state index contributed by atoms with van der Waals surface area (Å²) in [6.45, 7) is 1.71. The predicted octanol–water partition coefficient (Wildman–Crippen LogP) is -0.319. The topological polar surface area (TPSA) is 157 Å². The lowest BCUT2D eigenvalue weighted by Crippen LogP contribution is -2.34. The number of carbonyl (C=O) groups excluding carboxylic acids is 2. The molecule has 2 aromatic rings. The summed E-state index contributed by atoms with van der Waals surface area (Å²) in [4.78, 5) is 62.8. The minimum absolute atomic E-state index is 0.464. The van der Waals surface area contributed by atoms with Crippen LogP contribution >= 0.6 is 0 Å². The van der Waals surface area contributed by atoms with Crippen molar-refractivity contribution in [1.29, 1.82) is 0 Å². The van der Waals surface area contributed by atoms with E-state index in [0.717, 1.165) is 0 Å². The number of benzene rings is 1. The molecule has 10 nitrogen and oxygen atoms in total. The highest BCUT2D eigenvalue weighted by atomic mass is 16.2. The Labute approximate surface area is 121 Å². The molecule has 0 saturated carbocycles. The first-order valence-electron chi connectivity index (χ1n) is 5.66. The highest BCUT2D eigenvalue weighted by Gasteiger charge is 2.00. The van der Waals surface area contributed by atoms with Crippen molar-refractivity contribution in [3.05, 3.63) is 55.2 Å². The first-order chi connectivity index (χ1) is 10.5. The van der Waals surface area contributed by atoms with Crippen LogP contribution in [0.3, 0.4) is 0 Å². The average Bonchev–Trinajstić information content (AvgIpc) is 2.43. The van der Waals surface area contributed by atoms with Crippen molar-refractivity contribution in [1.82, 2.24) is 15.0 Å². The maximum Gasteiger partial charge on any atom is 0.330 e. The summed E-state index contributed by atoms with van der Waals surface area (Å²) in [6, 6.07) is 4.94. The summed E-state index contributed by atoms with van der Waals surface area (Å²) in [5.41, 5.74) is -0.816. The second kappa shape index (κ2) is 7.85. The Morgan fingerprint density at radius 1 is 0.818 bits per heavy atom. The Hall–Kier alpha value is -3.61. The van der Waals surface area contributed by atoms with Crippen molar-refractivity contribution in [3.63, 3.8) is 0 Å². The van der Waals surface area contributed by atoms with Crippen molar-refractivity contribution in [2.75, 3.05) is 0 Å². The molecule has 0 atom stereocenters. The van der Waals surface area contributed by atoms with Gasteiger partial charge in [-0.2, -0.15) is 9.98 Å². The lowest BCUT2D eigenvalue weighted by molar-refractivity contribution is 0.565. The van der Waals surface area contributed by atoms with Crippen LogP contribution in [0.4, 0.5) is 11.4 Å². The van der Waals surface area contributed by atoms with E-state index in [0.29, 0.717) is 16.9 Å². The fourth-order valence-corrected chi connectivity index (χ4v) is 1.36. The minimum atomic E-state index is -0.802. The van der Waals surface area contributed by atoms with Gasteiger partial charge in [-0.05, 0) is 19.1 Å². The predicted molar refractivity (Wildman–Crippen MR) is 75.0 cm³/mol. The third-order valence-electron chi connectivity index (χ3n) is 2.29. The normalized spacial score (nSPS) is 8.77. The van der Waals surface area contributed by atoms with Crippen LogP contribution in [0.2, 0.25) is 0 Å². The van der Waals surface area contributed by atoms with Gasteiger partial charge in [-0.1, -0.05) is 6.07 Å². The molecule has 0 aliphatic carbocycles. The lowest BCUT2D eigenvalue weighted by Gasteiger charge is -1.99. The SMILES string of the molecule is Cc1c(N=C=O)cccc1N=C=O.O=c1[nH]c(=O)[nH]c(=O)[nH]1. The number of aromatic nitrogens is 3. The van der Waals surface area contributed by atoms with E-state index in [1.54, 1.807) is 40.1 Å². The summed E-state index contributed by atoms with van der Waals surface area (Å²) in [7, 11) is 0. The standard InChI is InChI=1S/C9H6N2O2.C3H3N3O3/c1-7-8(10-5-12)3-2-4-9(7)11-6-13;7-1-4-2(8)6-3(9)5-1/h2-4H,1H3;(H3,4,5,6,7,8,9). The van der Waals surface area contributed by atoms with E-state index >= 15 is 0 Å². The molecule has 1 heterocycles. The van der Waals surface area contributed by atoms with Crippen molar-refractivity contribution in [3.8, 4) is 0 Å². The van der Waals surface area contributed by atoms with Crippen molar-refractivity contribution >= 4 is 23.5 Å². The first-order valence-corrected chi connectivity index (χ1v) is 5.66. The highest BCUT2D eigenvalue weighted by molar-refractivity contribution is 5.64. The van der Waals surface area contributed by atoms with Crippen LogP contribution in [-0.2, 0) is 9.59 Å². The lowest BCUT2D eigenvalue weighted by atomic mass is 10.1. The molecule has 22 heavy (non-hydrogen) atoms. The van der Waals surface area contributed by atoms with E-state index < -0.39 is 17.1 Å². The van der Waals surface area contributed by atoms with E-state index in [1.807, 2.05) is 0 Å². The van der Waals surface area contributed by atoms with Gasteiger partial charge in [-0.25, -0.2) is 24.0 Å². The van der Waals surface area contributed by atoms with Gasteiger partial charge in [0, 0.05) is 5.56 Å². The molecule has 0 radical (unpaired) electrons. The third-order valence-corrected chi connectivity index (χ3v) is 2.29. The molecule has 1 aromatic heterocycles. The molecule has 0 aliphatic heterocycles. The first kappa shape index (κ1) is 16.4. The van der Waals surface area contributed by atoms with Gasteiger partial charge in [0.25, 0.3) is 0 Å². The fourth-order valence-electron chi connectivity index (χ4n) is 1.36. The number of aromatic amines is 3. The molecule has 10 heteroatoms. The highest BCUT2D eigenvalue weighted by Crippen LogP contribution is 2.26. The summed E-state index contributed by atoms with van der Waals surface area (Å²) < 4.78 is 0. The van der Waals surface area contributed by atoms with E-state index in [1.165, 1.54) is 12.2 Å². The second-order valence-electron chi connectivity index (χ2n) is 3.69. The van der Waals surface area contributed by atoms with Gasteiger partial charge >= 0.3 is 17.1 Å². The number of nitrogens with one attached hydrogen (secondary N) is 3. The van der Waals surface area contributed by atoms with Crippen LogP contribution in [0.25, 0.3) is 0 Å². The molecule has 0 spiro atoms. The van der Waals surface area contributed by atoms with Crippen LogP contribution in [0, 0.1) is 6.92 Å². The molecule has 0 amide bonds. The van der Waals surface area contributed by atoms with Gasteiger partial charge in [0.1, 0.15) is 0 Å². The summed E-state index contributed by atoms with van der Waals surface area (Å²) in [5, 5.41) is 0. The zero-order valence-corrected chi connectivity index (χ0v) is 11.2. The number of hydrogen-bond donors (Lipinski definition) is 3. The number of nitrogens with zero attached hydrogens (tertiary/aromatic N) is 2. The van der Waals surface area contributed by atoms with Gasteiger partial charge < -0.3 is 0 Å². The van der Waals surface area contributed by atoms with Gasteiger partial charge in [-0.15, -0.1) is 0 Å². The third kappa shape index (κ3) is 4.82. The largest absolute Gasteiger partial charge is 0.330 e. The second-order valence-corrected chi connectivity index (χ2v) is 3.69. The molecule has 112 valence electrons. The molecular formula is C12H9N5O5. The number of H-pyrrole nitrogens is 3. The maximum absolute atomic E-state index is 10.2. The Bertz CT molecular complexity index is 811. The molecule has 0 bridgehead atoms. The Kier molecular flexibility index (Phi) is 5.87. The van der Waals surface area contributed by atoms with Gasteiger partial charge in [-0.3, -0.25) is 15.0 Å². The molecular weight excluding hydrogens is 294 g/mol. The summed E-state index contributed by atoms with van der Waals surface area (Å²) in [6.07, 6.45) is 2.86. The monoisotopic (exact) mass is 303 g/mol. The van der Waals surface area contributed by atoms with E-state index in [9.17, 15) is 24.0 Å². The smallest absolute Gasteiger partial charge is 0.259 e. The van der Waals surface area contributed by atoms with Crippen LogP contribution < -0.4 is 17.1 Å². The minimum Gasteiger partial charge on any atom is -0.259 e. The molecule has 1 aromatic carbocycles. The van der Waals surface area contributed by atoms with Crippen LogP contribution in [-0.4, -0.2) is 27.1 Å². The maximum atomic E-state index is 10.2. The summed E-state index contributed by atoms with van der Waals surface area (Å²) in [5.74, 6) is 0. The quantitative estimate of drug-likeness (QED) is 0.511. The van der Waals surface area contributed by atoms with Crippen molar-refractivity contribution < 1.29 is 9.59 Å². The molecule has 0 fully saturated rings. The Balaban J connectivity index is 0.000000235. The zero-order chi connectivity index (χ0) is 16.5. The zero-order valence-electron chi connectivity index (χ0n) is 11.2.